The van der Waals surface area contributed by atoms with Crippen LogP contribution in [-0.2, 0) is 22.7 Å². The van der Waals surface area contributed by atoms with Gasteiger partial charge < -0.3 is 19.7 Å². The van der Waals surface area contributed by atoms with E-state index in [2.05, 4.69) is 40.5 Å². The van der Waals surface area contributed by atoms with E-state index in [0.717, 1.165) is 38.0 Å². The molecule has 1 aliphatic heterocycles. The summed E-state index contributed by atoms with van der Waals surface area (Å²) >= 11 is 0. The number of rotatable bonds is 9. The summed E-state index contributed by atoms with van der Waals surface area (Å²) < 4.78 is 10.8. The average Bonchev–Trinajstić information content (AvgIpc) is 2.89. The Morgan fingerprint density at radius 1 is 0.972 bits per heavy atom. The Balaban J connectivity index is 1.29. The topological polar surface area (TPSA) is 71.1 Å². The molecule has 0 atom stereocenters. The van der Waals surface area contributed by atoms with Crippen LogP contribution in [0, 0.1) is 0 Å². The number of likely N-dealkylation sites (N-methyl/N-ethyl adjacent to an activating group) is 1. The number of carbonyl (C=O) groups is 2. The fourth-order valence-corrected chi connectivity index (χ4v) is 4.45. The lowest BCUT2D eigenvalue weighted by Gasteiger charge is -2.32. The van der Waals surface area contributed by atoms with Crippen LogP contribution in [0.4, 0.5) is 0 Å². The molecule has 0 aliphatic carbocycles. The smallest absolute Gasteiger partial charge is 0.251 e. The van der Waals surface area contributed by atoms with Crippen molar-refractivity contribution in [1.29, 1.82) is 0 Å². The van der Waals surface area contributed by atoms with E-state index in [0.29, 0.717) is 17.9 Å². The van der Waals surface area contributed by atoms with Gasteiger partial charge in [-0.25, -0.2) is 0 Å². The molecule has 1 saturated heterocycles. The molecule has 36 heavy (non-hydrogen) atoms. The molecule has 3 aromatic carbocycles. The molecule has 0 unspecified atom stereocenters. The van der Waals surface area contributed by atoms with Crippen LogP contribution >= 0.6 is 0 Å². The van der Waals surface area contributed by atoms with Crippen LogP contribution in [0.15, 0.2) is 60.7 Å². The second kappa shape index (κ2) is 12.0. The average molecular weight is 490 g/mol. The Kier molecular flexibility index (Phi) is 8.57. The van der Waals surface area contributed by atoms with Crippen LogP contribution in [0.1, 0.15) is 34.3 Å². The van der Waals surface area contributed by atoms with E-state index < -0.39 is 0 Å². The van der Waals surface area contributed by atoms with Gasteiger partial charge in [-0.15, -0.1) is 0 Å². The molecule has 7 heteroatoms. The highest BCUT2D eigenvalue weighted by atomic mass is 16.5. The number of methoxy groups -OCH3 is 1. The molecule has 0 radical (unpaired) electrons. The molecule has 1 N–H and O–H groups in total. The van der Waals surface area contributed by atoms with Gasteiger partial charge in [0.25, 0.3) is 5.91 Å². The minimum atomic E-state index is -0.0484. The van der Waals surface area contributed by atoms with Crippen molar-refractivity contribution in [2.45, 2.75) is 32.0 Å². The molecule has 2 amide bonds. The van der Waals surface area contributed by atoms with Gasteiger partial charge in [-0.3, -0.25) is 14.5 Å². The van der Waals surface area contributed by atoms with Gasteiger partial charge in [0, 0.05) is 45.3 Å². The second-order valence-electron chi connectivity index (χ2n) is 9.55. The lowest BCUT2D eigenvalue weighted by atomic mass is 10.0. The minimum absolute atomic E-state index is 0.0401. The fourth-order valence-electron chi connectivity index (χ4n) is 4.45. The van der Waals surface area contributed by atoms with Gasteiger partial charge in [-0.2, -0.15) is 0 Å². The van der Waals surface area contributed by atoms with E-state index in [4.69, 9.17) is 9.47 Å². The van der Waals surface area contributed by atoms with Gasteiger partial charge >= 0.3 is 0 Å². The van der Waals surface area contributed by atoms with Crippen molar-refractivity contribution >= 4 is 22.6 Å². The number of ether oxygens (including phenoxy) is 2. The highest BCUT2D eigenvalue weighted by Gasteiger charge is 2.21. The van der Waals surface area contributed by atoms with Crippen LogP contribution in [0.3, 0.4) is 0 Å². The van der Waals surface area contributed by atoms with Gasteiger partial charge in [-0.1, -0.05) is 30.3 Å². The van der Waals surface area contributed by atoms with Gasteiger partial charge in [0.2, 0.25) is 5.91 Å². The molecule has 1 heterocycles. The van der Waals surface area contributed by atoms with E-state index in [9.17, 15) is 9.59 Å². The molecule has 0 bridgehead atoms. The Morgan fingerprint density at radius 3 is 2.42 bits per heavy atom. The molecule has 1 aliphatic rings. The Labute approximate surface area is 213 Å². The summed E-state index contributed by atoms with van der Waals surface area (Å²) in [5.74, 6) is 0.599. The number of hydrogen-bond donors (Lipinski definition) is 1. The van der Waals surface area contributed by atoms with Crippen LogP contribution in [0.2, 0.25) is 0 Å². The van der Waals surface area contributed by atoms with Crippen LogP contribution < -0.4 is 10.1 Å². The maximum absolute atomic E-state index is 12.6. The van der Waals surface area contributed by atoms with Gasteiger partial charge in [0.05, 0.1) is 13.7 Å². The standard InChI is InChI=1S/C29H35N3O4/c1-31(2)28(33)20-36-19-22-8-10-23-9-7-21(15-25(23)16-22)18-32-13-11-26(12-14-32)30-29(34)24-5-4-6-27(17-24)35-3/h4-10,15-17,26H,11-14,18-20H2,1-3H3,(H,30,34). The third-order valence-corrected chi connectivity index (χ3v) is 6.62. The van der Waals surface area contributed by atoms with Crippen molar-refractivity contribution < 1.29 is 19.1 Å². The Bertz CT molecular complexity index is 1200. The van der Waals surface area contributed by atoms with E-state index in [-0.39, 0.29) is 24.5 Å². The summed E-state index contributed by atoms with van der Waals surface area (Å²) in [5.41, 5.74) is 2.95. The lowest BCUT2D eigenvalue weighted by Crippen LogP contribution is -2.44. The number of likely N-dealkylation sites (tertiary alicyclic amines) is 1. The summed E-state index contributed by atoms with van der Waals surface area (Å²) in [6.45, 7) is 3.25. The van der Waals surface area contributed by atoms with E-state index in [1.807, 2.05) is 24.3 Å². The normalized spacial score (nSPS) is 14.5. The van der Waals surface area contributed by atoms with Crippen molar-refractivity contribution in [3.05, 3.63) is 77.4 Å². The largest absolute Gasteiger partial charge is 0.497 e. The highest BCUT2D eigenvalue weighted by Crippen LogP contribution is 2.21. The summed E-state index contributed by atoms with van der Waals surface area (Å²) in [4.78, 5) is 28.3. The van der Waals surface area contributed by atoms with E-state index in [1.165, 1.54) is 21.2 Å². The quantitative estimate of drug-likeness (QED) is 0.495. The number of benzene rings is 3. The summed E-state index contributed by atoms with van der Waals surface area (Å²) in [7, 11) is 5.06. The van der Waals surface area contributed by atoms with Crippen LogP contribution in [0.5, 0.6) is 5.75 Å². The third kappa shape index (κ3) is 6.83. The number of nitrogens with zero attached hydrogens (tertiary/aromatic N) is 2. The molecule has 0 spiro atoms. The second-order valence-corrected chi connectivity index (χ2v) is 9.55. The fraction of sp³-hybridized carbons (Fsp3) is 0.379. The number of fused-ring (bicyclic) bond motifs is 1. The molecule has 7 nitrogen and oxygen atoms in total. The Hall–Kier alpha value is -3.42. The number of hydrogen-bond acceptors (Lipinski definition) is 5. The number of carbonyl (C=O) groups excluding carboxylic acids is 2. The zero-order valence-electron chi connectivity index (χ0n) is 21.3. The maximum Gasteiger partial charge on any atom is 0.251 e. The molecular weight excluding hydrogens is 454 g/mol. The first-order valence-corrected chi connectivity index (χ1v) is 12.4. The highest BCUT2D eigenvalue weighted by molar-refractivity contribution is 5.94. The Morgan fingerprint density at radius 2 is 1.69 bits per heavy atom. The van der Waals surface area contributed by atoms with Crippen molar-refractivity contribution in [1.82, 2.24) is 15.1 Å². The SMILES string of the molecule is COc1cccc(C(=O)NC2CCN(Cc3ccc4ccc(COCC(=O)N(C)C)cc4c3)CC2)c1. The molecule has 1 fully saturated rings. The van der Waals surface area contributed by atoms with Gasteiger partial charge in [-0.05, 0) is 65.1 Å². The number of nitrogens with one attached hydrogen (secondary N) is 1. The predicted octanol–water partition coefficient (Wildman–Crippen LogP) is 3.85. The zero-order chi connectivity index (χ0) is 25.5. The van der Waals surface area contributed by atoms with Crippen molar-refractivity contribution in [3.63, 3.8) is 0 Å². The van der Waals surface area contributed by atoms with Crippen molar-refractivity contribution in [2.24, 2.45) is 0 Å². The van der Waals surface area contributed by atoms with Crippen molar-refractivity contribution in [3.8, 4) is 5.75 Å². The zero-order valence-corrected chi connectivity index (χ0v) is 21.3. The van der Waals surface area contributed by atoms with E-state index >= 15 is 0 Å². The first kappa shape index (κ1) is 25.7. The molecule has 0 saturated carbocycles. The summed E-state index contributed by atoms with van der Waals surface area (Å²) in [6.07, 6.45) is 1.85. The molecule has 0 aromatic heterocycles. The summed E-state index contributed by atoms with van der Waals surface area (Å²) in [6, 6.07) is 20.3. The molecular formula is C29H35N3O4. The molecule has 3 aromatic rings. The maximum atomic E-state index is 12.6. The van der Waals surface area contributed by atoms with Crippen LogP contribution in [-0.4, -0.2) is 68.6 Å². The van der Waals surface area contributed by atoms with E-state index in [1.54, 1.807) is 27.3 Å². The monoisotopic (exact) mass is 489 g/mol. The van der Waals surface area contributed by atoms with Gasteiger partial charge in [0.1, 0.15) is 12.4 Å². The molecule has 4 rings (SSSR count). The molecule has 190 valence electrons. The number of piperidine rings is 1. The minimum Gasteiger partial charge on any atom is -0.497 e. The number of amides is 2. The first-order chi connectivity index (χ1) is 17.4. The summed E-state index contributed by atoms with van der Waals surface area (Å²) in [5, 5.41) is 5.53. The van der Waals surface area contributed by atoms with Crippen molar-refractivity contribution in [2.75, 3.05) is 40.9 Å². The lowest BCUT2D eigenvalue weighted by molar-refractivity contribution is -0.133. The predicted molar refractivity (Wildman–Crippen MR) is 141 cm³/mol. The van der Waals surface area contributed by atoms with Gasteiger partial charge in [0.15, 0.2) is 0 Å². The third-order valence-electron chi connectivity index (χ3n) is 6.62. The first-order valence-electron chi connectivity index (χ1n) is 12.4. The van der Waals surface area contributed by atoms with Crippen LogP contribution in [0.25, 0.3) is 10.8 Å².